The summed E-state index contributed by atoms with van der Waals surface area (Å²) in [6.07, 6.45) is 1.17. The van der Waals surface area contributed by atoms with Crippen LogP contribution in [0.15, 0.2) is 12.3 Å². The van der Waals surface area contributed by atoms with Crippen molar-refractivity contribution < 1.29 is 64.3 Å². The third kappa shape index (κ3) is 3.39. The van der Waals surface area contributed by atoms with Crippen LogP contribution in [0.5, 0.6) is 0 Å². The number of hydrogen-bond acceptors (Lipinski definition) is 1. The van der Waals surface area contributed by atoms with Gasteiger partial charge in [-0.05, 0) is 19.4 Å². The molecule has 0 saturated heterocycles. The van der Waals surface area contributed by atoms with E-state index in [9.17, 15) is 12.9 Å². The van der Waals surface area contributed by atoms with E-state index >= 15 is 0 Å². The molecule has 68 valence electrons. The molecular weight excluding hydrogens is 207 g/mol. The summed E-state index contributed by atoms with van der Waals surface area (Å²) in [6, 6.07) is 0.749. The summed E-state index contributed by atoms with van der Waals surface area (Å²) in [5.74, 6) is 0. The van der Waals surface area contributed by atoms with Crippen molar-refractivity contribution >= 4 is 12.6 Å². The fourth-order valence-electron chi connectivity index (χ4n) is 1.02. The summed E-state index contributed by atoms with van der Waals surface area (Å²) in [7, 11) is 0. The van der Waals surface area contributed by atoms with Crippen LogP contribution in [0.2, 0.25) is 0 Å². The van der Waals surface area contributed by atoms with Crippen molar-refractivity contribution in [2.24, 2.45) is 0 Å². The number of halogens is 3. The molecular formula is C6H9BF3KN2. The van der Waals surface area contributed by atoms with E-state index in [0.717, 1.165) is 10.7 Å². The molecule has 0 N–H and O–H groups in total. The van der Waals surface area contributed by atoms with Gasteiger partial charge < -0.3 is 12.9 Å². The molecule has 0 aromatic carbocycles. The first kappa shape index (κ1) is 13.7. The summed E-state index contributed by atoms with van der Waals surface area (Å²) in [5.41, 5.74) is -0.634. The largest absolute Gasteiger partial charge is 1.00 e. The average Bonchev–Trinajstić information content (AvgIpc) is 2.30. The quantitative estimate of drug-likeness (QED) is 0.551. The third-order valence-electron chi connectivity index (χ3n) is 1.53. The molecule has 0 amide bonds. The molecule has 0 bridgehead atoms. The zero-order valence-corrected chi connectivity index (χ0v) is 11.0. The second-order valence-electron chi connectivity index (χ2n) is 2.87. The molecule has 0 fully saturated rings. The Kier molecular flexibility index (Phi) is 5.24. The third-order valence-corrected chi connectivity index (χ3v) is 1.53. The van der Waals surface area contributed by atoms with Gasteiger partial charge in [0.1, 0.15) is 0 Å². The smallest absolute Gasteiger partial charge is 0.444 e. The van der Waals surface area contributed by atoms with Gasteiger partial charge in [-0.2, -0.15) is 5.10 Å². The Balaban J connectivity index is 0.00000144. The van der Waals surface area contributed by atoms with Crippen molar-refractivity contribution in [2.45, 2.75) is 19.9 Å². The summed E-state index contributed by atoms with van der Waals surface area (Å²) < 4.78 is 37.7. The van der Waals surface area contributed by atoms with Crippen LogP contribution in [0, 0.1) is 0 Å². The molecule has 13 heavy (non-hydrogen) atoms. The van der Waals surface area contributed by atoms with Crippen molar-refractivity contribution in [3.8, 4) is 0 Å². The topological polar surface area (TPSA) is 17.8 Å². The monoisotopic (exact) mass is 216 g/mol. The van der Waals surface area contributed by atoms with Crippen LogP contribution < -0.4 is 57.0 Å². The van der Waals surface area contributed by atoms with Crippen LogP contribution in [0.25, 0.3) is 0 Å². The first-order chi connectivity index (χ1) is 5.43. The van der Waals surface area contributed by atoms with Crippen LogP contribution in [-0.2, 0) is 0 Å². The van der Waals surface area contributed by atoms with Gasteiger partial charge in [-0.1, -0.05) is 6.07 Å². The predicted octanol–water partition coefficient (Wildman–Crippen LogP) is -1.48. The molecule has 0 saturated carbocycles. The Bertz CT molecular complexity index is 271. The van der Waals surface area contributed by atoms with E-state index in [0.29, 0.717) is 0 Å². The Labute approximate surface area is 117 Å². The fourth-order valence-corrected chi connectivity index (χ4v) is 1.02. The minimum atomic E-state index is -4.93. The maximum absolute atomic E-state index is 12.2. The van der Waals surface area contributed by atoms with Gasteiger partial charge >= 0.3 is 58.4 Å². The SMILES string of the molecule is CC(C)n1nccc1[B-](F)(F)F.[K+]. The van der Waals surface area contributed by atoms with Crippen molar-refractivity contribution in [1.29, 1.82) is 0 Å². The molecule has 0 atom stereocenters. The Hall–Kier alpha value is 0.701. The van der Waals surface area contributed by atoms with Gasteiger partial charge in [0.15, 0.2) is 0 Å². The molecule has 0 radical (unpaired) electrons. The van der Waals surface area contributed by atoms with Gasteiger partial charge in [0.05, 0.1) is 0 Å². The normalized spacial score (nSPS) is 11.5. The van der Waals surface area contributed by atoms with Gasteiger partial charge in [0, 0.05) is 12.2 Å². The van der Waals surface area contributed by atoms with Gasteiger partial charge in [0.2, 0.25) is 0 Å². The van der Waals surface area contributed by atoms with E-state index in [-0.39, 0.29) is 57.4 Å². The minimum Gasteiger partial charge on any atom is -0.444 e. The van der Waals surface area contributed by atoms with E-state index < -0.39 is 12.6 Å². The van der Waals surface area contributed by atoms with Crippen molar-refractivity contribution in [2.75, 3.05) is 0 Å². The summed E-state index contributed by atoms with van der Waals surface area (Å²) >= 11 is 0. The molecule has 1 heterocycles. The molecule has 1 rings (SSSR count). The summed E-state index contributed by atoms with van der Waals surface area (Å²) in [4.78, 5) is 0. The number of aromatic nitrogens is 2. The second-order valence-corrected chi connectivity index (χ2v) is 2.87. The second kappa shape index (κ2) is 4.97. The van der Waals surface area contributed by atoms with Crippen molar-refractivity contribution in [3.05, 3.63) is 12.3 Å². The Morgan fingerprint density at radius 1 is 1.38 bits per heavy atom. The number of rotatable bonds is 2. The zero-order chi connectivity index (χ0) is 9.35. The maximum Gasteiger partial charge on any atom is 1.00 e. The molecule has 7 heteroatoms. The van der Waals surface area contributed by atoms with E-state index in [1.807, 2.05) is 0 Å². The summed E-state index contributed by atoms with van der Waals surface area (Å²) in [6.45, 7) is -1.60. The molecule has 0 spiro atoms. The first-order valence-corrected chi connectivity index (χ1v) is 3.66. The number of hydrogen-bond donors (Lipinski definition) is 0. The Morgan fingerprint density at radius 2 is 1.92 bits per heavy atom. The molecule has 0 aliphatic rings. The van der Waals surface area contributed by atoms with Crippen LogP contribution >= 0.6 is 0 Å². The Morgan fingerprint density at radius 3 is 2.23 bits per heavy atom. The van der Waals surface area contributed by atoms with Crippen LogP contribution in [0.3, 0.4) is 0 Å². The average molecular weight is 216 g/mol. The number of nitrogens with zero attached hydrogens (tertiary/aromatic N) is 2. The van der Waals surface area contributed by atoms with E-state index in [4.69, 9.17) is 0 Å². The minimum absolute atomic E-state index is 0. The maximum atomic E-state index is 12.2. The van der Waals surface area contributed by atoms with Gasteiger partial charge in [0.25, 0.3) is 0 Å². The van der Waals surface area contributed by atoms with E-state index in [1.54, 1.807) is 13.8 Å². The molecule has 2 nitrogen and oxygen atoms in total. The van der Waals surface area contributed by atoms with Crippen LogP contribution in [0.1, 0.15) is 19.9 Å². The molecule has 1 aromatic rings. The zero-order valence-electron chi connectivity index (χ0n) is 7.84. The standard InChI is InChI=1S/C6H9BF3N2.K/c1-5(2)12-6(3-4-11-12)7(8,9)10;/h3-5H,1-2H3;/q-1;+1. The molecule has 0 aliphatic heterocycles. The van der Waals surface area contributed by atoms with Crippen LogP contribution in [-0.4, -0.2) is 16.8 Å². The van der Waals surface area contributed by atoms with E-state index in [2.05, 4.69) is 5.10 Å². The molecule has 0 unspecified atom stereocenters. The fraction of sp³-hybridized carbons (Fsp3) is 0.500. The van der Waals surface area contributed by atoms with Gasteiger partial charge in [-0.15, -0.1) is 0 Å². The predicted molar refractivity (Wildman–Crippen MR) is 41.3 cm³/mol. The molecule has 1 aromatic heterocycles. The van der Waals surface area contributed by atoms with Crippen molar-refractivity contribution in [1.82, 2.24) is 9.78 Å². The first-order valence-electron chi connectivity index (χ1n) is 3.66. The van der Waals surface area contributed by atoms with E-state index in [1.165, 1.54) is 6.20 Å². The molecule has 0 aliphatic carbocycles. The van der Waals surface area contributed by atoms with Crippen LogP contribution in [0.4, 0.5) is 12.9 Å². The van der Waals surface area contributed by atoms with Gasteiger partial charge in [-0.3, -0.25) is 4.68 Å². The van der Waals surface area contributed by atoms with Gasteiger partial charge in [-0.25, -0.2) is 0 Å². The van der Waals surface area contributed by atoms with Crippen molar-refractivity contribution in [3.63, 3.8) is 0 Å². The summed E-state index contributed by atoms with van der Waals surface area (Å²) in [5, 5.41) is 3.59.